The van der Waals surface area contributed by atoms with Gasteiger partial charge in [0.1, 0.15) is 0 Å². The Morgan fingerprint density at radius 2 is 2.00 bits per heavy atom. The first kappa shape index (κ1) is 11.6. The smallest absolute Gasteiger partial charge is 0.162 e. The highest BCUT2D eigenvalue weighted by Gasteiger charge is 2.06. The second-order valence-corrected chi connectivity index (χ2v) is 4.44. The van der Waals surface area contributed by atoms with Gasteiger partial charge in [0.05, 0.1) is 12.7 Å². The molecule has 0 fully saturated rings. The predicted molar refractivity (Wildman–Crippen MR) is 66.1 cm³/mol. The van der Waals surface area contributed by atoms with E-state index in [0.29, 0.717) is 6.61 Å². The summed E-state index contributed by atoms with van der Waals surface area (Å²) in [6.45, 7) is 6.65. The van der Waals surface area contributed by atoms with E-state index in [1.54, 1.807) is 0 Å². The van der Waals surface area contributed by atoms with Gasteiger partial charge in [-0.2, -0.15) is 0 Å². The van der Waals surface area contributed by atoms with Crippen molar-refractivity contribution in [1.82, 2.24) is 0 Å². The van der Waals surface area contributed by atoms with Crippen LogP contribution in [0.2, 0.25) is 0 Å². The third kappa shape index (κ3) is 3.36. The van der Waals surface area contributed by atoms with Crippen LogP contribution in [0.3, 0.4) is 0 Å². The van der Waals surface area contributed by atoms with Gasteiger partial charge >= 0.3 is 0 Å². The summed E-state index contributed by atoms with van der Waals surface area (Å²) < 4.78 is 12.3. The van der Waals surface area contributed by atoms with Crippen LogP contribution in [-0.2, 0) is 0 Å². The van der Waals surface area contributed by atoms with E-state index in [-0.39, 0.29) is 6.10 Å². The fourth-order valence-electron chi connectivity index (χ4n) is 1.10. The Morgan fingerprint density at radius 1 is 1.29 bits per heavy atom. The molecule has 1 rings (SSSR count). The summed E-state index contributed by atoms with van der Waals surface area (Å²) in [5.41, 5.74) is 0. The molecule has 1 aromatic carbocycles. The molecule has 0 aromatic heterocycles. The zero-order valence-corrected chi connectivity index (χ0v) is 10.9. The molecule has 0 atom stereocenters. The SMILES string of the molecule is CCOc1cc(I)ccc1OC(C)C. The van der Waals surface area contributed by atoms with Gasteiger partial charge in [0.25, 0.3) is 0 Å². The van der Waals surface area contributed by atoms with Crippen LogP contribution in [-0.4, -0.2) is 12.7 Å². The van der Waals surface area contributed by atoms with Crippen LogP contribution in [0.5, 0.6) is 11.5 Å². The minimum atomic E-state index is 0.175. The predicted octanol–water partition coefficient (Wildman–Crippen LogP) is 3.48. The lowest BCUT2D eigenvalue weighted by Gasteiger charge is -2.14. The maximum atomic E-state index is 5.62. The largest absolute Gasteiger partial charge is 0.490 e. The quantitative estimate of drug-likeness (QED) is 0.793. The van der Waals surface area contributed by atoms with Gasteiger partial charge in [0.2, 0.25) is 0 Å². The Bertz CT molecular complexity index is 297. The van der Waals surface area contributed by atoms with E-state index in [2.05, 4.69) is 22.6 Å². The molecular weight excluding hydrogens is 291 g/mol. The Morgan fingerprint density at radius 3 is 2.57 bits per heavy atom. The van der Waals surface area contributed by atoms with E-state index in [0.717, 1.165) is 15.1 Å². The van der Waals surface area contributed by atoms with Crippen molar-refractivity contribution in [3.8, 4) is 11.5 Å². The minimum Gasteiger partial charge on any atom is -0.490 e. The van der Waals surface area contributed by atoms with Crippen molar-refractivity contribution in [2.24, 2.45) is 0 Å². The molecular formula is C11H15IO2. The van der Waals surface area contributed by atoms with E-state index in [1.165, 1.54) is 0 Å². The van der Waals surface area contributed by atoms with Crippen molar-refractivity contribution >= 4 is 22.6 Å². The molecule has 3 heteroatoms. The summed E-state index contributed by atoms with van der Waals surface area (Å²) in [7, 11) is 0. The van der Waals surface area contributed by atoms with Crippen LogP contribution in [0, 0.1) is 3.57 Å². The summed E-state index contributed by atoms with van der Waals surface area (Å²) in [6, 6.07) is 5.95. The fraction of sp³-hybridized carbons (Fsp3) is 0.455. The zero-order chi connectivity index (χ0) is 10.6. The summed E-state index contributed by atoms with van der Waals surface area (Å²) in [6.07, 6.45) is 0.175. The lowest BCUT2D eigenvalue weighted by Crippen LogP contribution is -2.07. The van der Waals surface area contributed by atoms with Gasteiger partial charge in [-0.1, -0.05) is 0 Å². The number of hydrogen-bond acceptors (Lipinski definition) is 2. The molecule has 0 aliphatic rings. The Balaban J connectivity index is 2.89. The van der Waals surface area contributed by atoms with Gasteiger partial charge in [-0.3, -0.25) is 0 Å². The summed E-state index contributed by atoms with van der Waals surface area (Å²) >= 11 is 2.26. The van der Waals surface area contributed by atoms with E-state index in [1.807, 2.05) is 39.0 Å². The molecule has 0 amide bonds. The molecule has 0 saturated heterocycles. The Labute approximate surface area is 98.7 Å². The van der Waals surface area contributed by atoms with Crippen molar-refractivity contribution in [1.29, 1.82) is 0 Å². The lowest BCUT2D eigenvalue weighted by atomic mass is 10.3. The third-order valence-electron chi connectivity index (χ3n) is 1.57. The fourth-order valence-corrected chi connectivity index (χ4v) is 1.56. The van der Waals surface area contributed by atoms with Crippen molar-refractivity contribution in [3.63, 3.8) is 0 Å². The van der Waals surface area contributed by atoms with Crippen molar-refractivity contribution < 1.29 is 9.47 Å². The normalized spacial score (nSPS) is 10.4. The molecule has 0 radical (unpaired) electrons. The average molecular weight is 306 g/mol. The van der Waals surface area contributed by atoms with Gasteiger partial charge < -0.3 is 9.47 Å². The van der Waals surface area contributed by atoms with E-state index in [4.69, 9.17) is 9.47 Å². The molecule has 0 spiro atoms. The van der Waals surface area contributed by atoms with Crippen LogP contribution >= 0.6 is 22.6 Å². The highest BCUT2D eigenvalue weighted by atomic mass is 127. The summed E-state index contributed by atoms with van der Waals surface area (Å²) in [4.78, 5) is 0. The molecule has 14 heavy (non-hydrogen) atoms. The van der Waals surface area contributed by atoms with E-state index in [9.17, 15) is 0 Å². The van der Waals surface area contributed by atoms with Gasteiger partial charge in [-0.15, -0.1) is 0 Å². The van der Waals surface area contributed by atoms with E-state index >= 15 is 0 Å². The summed E-state index contributed by atoms with van der Waals surface area (Å²) in [5.74, 6) is 1.65. The maximum absolute atomic E-state index is 5.62. The standard InChI is InChI=1S/C11H15IO2/c1-4-13-11-7-9(12)5-6-10(11)14-8(2)3/h5-8H,4H2,1-3H3. The van der Waals surface area contributed by atoms with Gasteiger partial charge in [-0.05, 0) is 61.6 Å². The number of ether oxygens (including phenoxy) is 2. The molecule has 0 aliphatic carbocycles. The molecule has 78 valence electrons. The Kier molecular flexibility index (Phi) is 4.51. The first-order valence-corrected chi connectivity index (χ1v) is 5.80. The highest BCUT2D eigenvalue weighted by molar-refractivity contribution is 14.1. The average Bonchev–Trinajstić information content (AvgIpc) is 2.09. The van der Waals surface area contributed by atoms with E-state index < -0.39 is 0 Å². The lowest BCUT2D eigenvalue weighted by molar-refractivity contribution is 0.224. The minimum absolute atomic E-state index is 0.175. The first-order valence-electron chi connectivity index (χ1n) is 4.72. The van der Waals surface area contributed by atoms with Crippen molar-refractivity contribution in [3.05, 3.63) is 21.8 Å². The molecule has 0 N–H and O–H groups in total. The number of rotatable bonds is 4. The van der Waals surface area contributed by atoms with Crippen molar-refractivity contribution in [2.75, 3.05) is 6.61 Å². The number of benzene rings is 1. The molecule has 0 aliphatic heterocycles. The van der Waals surface area contributed by atoms with Gasteiger partial charge in [-0.25, -0.2) is 0 Å². The second kappa shape index (κ2) is 5.44. The molecule has 0 bridgehead atoms. The number of hydrogen-bond donors (Lipinski definition) is 0. The second-order valence-electron chi connectivity index (χ2n) is 3.19. The molecule has 0 heterocycles. The molecule has 0 unspecified atom stereocenters. The van der Waals surface area contributed by atoms with Crippen LogP contribution in [0.1, 0.15) is 20.8 Å². The molecule has 2 nitrogen and oxygen atoms in total. The van der Waals surface area contributed by atoms with Gasteiger partial charge in [0, 0.05) is 3.57 Å². The zero-order valence-electron chi connectivity index (χ0n) is 8.71. The summed E-state index contributed by atoms with van der Waals surface area (Å²) in [5, 5.41) is 0. The highest BCUT2D eigenvalue weighted by Crippen LogP contribution is 2.29. The van der Waals surface area contributed by atoms with Gasteiger partial charge in [0.15, 0.2) is 11.5 Å². The van der Waals surface area contributed by atoms with Crippen LogP contribution in [0.25, 0.3) is 0 Å². The van der Waals surface area contributed by atoms with Crippen LogP contribution in [0.4, 0.5) is 0 Å². The van der Waals surface area contributed by atoms with Crippen molar-refractivity contribution in [2.45, 2.75) is 26.9 Å². The molecule has 0 saturated carbocycles. The first-order chi connectivity index (χ1) is 6.63. The van der Waals surface area contributed by atoms with Crippen LogP contribution < -0.4 is 9.47 Å². The number of halogens is 1. The molecule has 1 aromatic rings. The third-order valence-corrected chi connectivity index (χ3v) is 2.24. The topological polar surface area (TPSA) is 18.5 Å². The maximum Gasteiger partial charge on any atom is 0.162 e. The monoisotopic (exact) mass is 306 g/mol. The Hall–Kier alpha value is -0.450. The van der Waals surface area contributed by atoms with Crippen LogP contribution in [0.15, 0.2) is 18.2 Å².